The van der Waals surface area contributed by atoms with Crippen LogP contribution in [-0.4, -0.2) is 34.3 Å². The van der Waals surface area contributed by atoms with Gasteiger partial charge < -0.3 is 10.2 Å². The van der Waals surface area contributed by atoms with Crippen LogP contribution in [0.25, 0.3) is 0 Å². The molecule has 0 unspecified atom stereocenters. The molecule has 2 saturated carbocycles. The molecule has 1 spiro atoms. The number of carbonyl (C=O) groups excluding carboxylic acids is 2. The first-order chi connectivity index (χ1) is 9.06. The molecule has 4 heteroatoms. The van der Waals surface area contributed by atoms with Gasteiger partial charge in [0, 0.05) is 5.54 Å². The quantitative estimate of drug-likeness (QED) is 0.787. The second-order valence-electron chi connectivity index (χ2n) is 6.79. The molecular formula is C15H24N2O2. The van der Waals surface area contributed by atoms with Crippen molar-refractivity contribution >= 4 is 11.8 Å². The Hall–Kier alpha value is -1.06. The molecule has 1 heterocycles. The summed E-state index contributed by atoms with van der Waals surface area (Å²) in [5.74, 6) is 0.228. The van der Waals surface area contributed by atoms with Crippen molar-refractivity contribution in [3.05, 3.63) is 0 Å². The normalized spacial score (nSPS) is 29.6. The van der Waals surface area contributed by atoms with Crippen molar-refractivity contribution in [1.82, 2.24) is 10.2 Å². The van der Waals surface area contributed by atoms with Gasteiger partial charge in [0.2, 0.25) is 11.8 Å². The molecule has 2 aliphatic carbocycles. The molecule has 1 aliphatic heterocycles. The highest BCUT2D eigenvalue weighted by Gasteiger charge is 2.51. The van der Waals surface area contributed by atoms with Crippen molar-refractivity contribution in [3.8, 4) is 0 Å². The summed E-state index contributed by atoms with van der Waals surface area (Å²) < 4.78 is 0. The van der Waals surface area contributed by atoms with E-state index in [-0.39, 0.29) is 23.9 Å². The van der Waals surface area contributed by atoms with Gasteiger partial charge in [0.1, 0.15) is 12.1 Å². The molecule has 1 N–H and O–H groups in total. The van der Waals surface area contributed by atoms with Gasteiger partial charge in [-0.05, 0) is 32.6 Å². The van der Waals surface area contributed by atoms with Crippen molar-refractivity contribution in [1.29, 1.82) is 0 Å². The zero-order valence-corrected chi connectivity index (χ0v) is 11.8. The maximum atomic E-state index is 13.0. The molecule has 0 aromatic heterocycles. The maximum Gasteiger partial charge on any atom is 0.249 e. The Bertz CT molecular complexity index is 393. The summed E-state index contributed by atoms with van der Waals surface area (Å²) in [4.78, 5) is 26.9. The van der Waals surface area contributed by atoms with Crippen LogP contribution < -0.4 is 5.32 Å². The number of carbonyl (C=O) groups is 2. The molecule has 4 nitrogen and oxygen atoms in total. The molecule has 0 bridgehead atoms. The summed E-state index contributed by atoms with van der Waals surface area (Å²) in [6, 6.07) is 0. The molecule has 0 radical (unpaired) electrons. The van der Waals surface area contributed by atoms with Crippen molar-refractivity contribution in [2.75, 3.05) is 6.54 Å². The van der Waals surface area contributed by atoms with Crippen molar-refractivity contribution in [2.45, 2.75) is 75.8 Å². The summed E-state index contributed by atoms with van der Waals surface area (Å²) in [5, 5.41) is 3.02. The average Bonchev–Trinajstić information content (AvgIpc) is 2.83. The zero-order chi connectivity index (χ0) is 13.5. The van der Waals surface area contributed by atoms with Crippen LogP contribution in [0.5, 0.6) is 0 Å². The van der Waals surface area contributed by atoms with Crippen LogP contribution in [-0.2, 0) is 9.59 Å². The lowest BCUT2D eigenvalue weighted by Crippen LogP contribution is -2.70. The van der Waals surface area contributed by atoms with Crippen LogP contribution in [0.4, 0.5) is 0 Å². The maximum absolute atomic E-state index is 13.0. The Morgan fingerprint density at radius 2 is 1.53 bits per heavy atom. The lowest BCUT2D eigenvalue weighted by molar-refractivity contribution is -0.157. The van der Waals surface area contributed by atoms with E-state index >= 15 is 0 Å². The van der Waals surface area contributed by atoms with Crippen molar-refractivity contribution in [2.24, 2.45) is 0 Å². The van der Waals surface area contributed by atoms with Gasteiger partial charge in [0.05, 0.1) is 0 Å². The molecule has 2 amide bonds. The van der Waals surface area contributed by atoms with E-state index < -0.39 is 5.54 Å². The topological polar surface area (TPSA) is 49.4 Å². The largest absolute Gasteiger partial charge is 0.340 e. The van der Waals surface area contributed by atoms with E-state index in [2.05, 4.69) is 12.2 Å². The highest BCUT2D eigenvalue weighted by atomic mass is 16.2. The Morgan fingerprint density at radius 3 is 2.16 bits per heavy atom. The van der Waals surface area contributed by atoms with Crippen molar-refractivity contribution < 1.29 is 9.59 Å². The SMILES string of the molecule is CC1(N2CC(=O)NC3(CCCCC3)C2=O)CCCC1. The minimum absolute atomic E-state index is 0.0367. The van der Waals surface area contributed by atoms with Gasteiger partial charge in [-0.3, -0.25) is 9.59 Å². The highest BCUT2D eigenvalue weighted by molar-refractivity contribution is 5.98. The van der Waals surface area contributed by atoms with Crippen LogP contribution in [0.15, 0.2) is 0 Å². The second kappa shape index (κ2) is 4.50. The predicted molar refractivity (Wildman–Crippen MR) is 72.5 cm³/mol. The smallest absolute Gasteiger partial charge is 0.249 e. The van der Waals surface area contributed by atoms with Crippen LogP contribution in [0.2, 0.25) is 0 Å². The number of nitrogens with one attached hydrogen (secondary N) is 1. The number of nitrogens with zero attached hydrogens (tertiary/aromatic N) is 1. The van der Waals surface area contributed by atoms with E-state index in [1.165, 1.54) is 19.3 Å². The van der Waals surface area contributed by atoms with Crippen LogP contribution in [0, 0.1) is 0 Å². The lowest BCUT2D eigenvalue weighted by Gasteiger charge is -2.49. The van der Waals surface area contributed by atoms with E-state index in [4.69, 9.17) is 0 Å². The third-order valence-electron chi connectivity index (χ3n) is 5.37. The first-order valence-corrected chi connectivity index (χ1v) is 7.69. The van der Waals surface area contributed by atoms with Gasteiger partial charge in [-0.2, -0.15) is 0 Å². The van der Waals surface area contributed by atoms with E-state index in [0.29, 0.717) is 0 Å². The third kappa shape index (κ3) is 2.05. The third-order valence-corrected chi connectivity index (χ3v) is 5.37. The van der Waals surface area contributed by atoms with Crippen molar-refractivity contribution in [3.63, 3.8) is 0 Å². The highest BCUT2D eigenvalue weighted by Crippen LogP contribution is 2.40. The van der Waals surface area contributed by atoms with Crippen LogP contribution in [0.1, 0.15) is 64.7 Å². The second-order valence-corrected chi connectivity index (χ2v) is 6.79. The molecule has 3 aliphatic rings. The number of hydrogen-bond donors (Lipinski definition) is 1. The standard InChI is InChI=1S/C15H24N2O2/c1-14(7-5-6-8-14)17-11-12(18)16-15(13(17)19)9-3-2-4-10-15/h2-11H2,1H3,(H,16,18). The van der Waals surface area contributed by atoms with Gasteiger partial charge in [-0.25, -0.2) is 0 Å². The fraction of sp³-hybridized carbons (Fsp3) is 0.867. The molecule has 0 atom stereocenters. The summed E-state index contributed by atoms with van der Waals surface area (Å²) in [6.45, 7) is 2.42. The molecule has 1 saturated heterocycles. The number of rotatable bonds is 1. The van der Waals surface area contributed by atoms with Gasteiger partial charge in [-0.1, -0.05) is 32.1 Å². The van der Waals surface area contributed by atoms with E-state index in [9.17, 15) is 9.59 Å². The molecule has 0 aromatic rings. The first kappa shape index (κ1) is 12.9. The lowest BCUT2D eigenvalue weighted by atomic mass is 9.78. The van der Waals surface area contributed by atoms with Crippen LogP contribution in [0.3, 0.4) is 0 Å². The Kier molecular flexibility index (Phi) is 3.06. The minimum Gasteiger partial charge on any atom is -0.340 e. The molecule has 106 valence electrons. The fourth-order valence-electron chi connectivity index (χ4n) is 4.17. The van der Waals surface area contributed by atoms with Gasteiger partial charge in [-0.15, -0.1) is 0 Å². The van der Waals surface area contributed by atoms with E-state index in [0.717, 1.165) is 38.5 Å². The Balaban J connectivity index is 1.88. The molecular weight excluding hydrogens is 240 g/mol. The average molecular weight is 264 g/mol. The summed E-state index contributed by atoms with van der Waals surface area (Å²) in [5.41, 5.74) is -0.654. The van der Waals surface area contributed by atoms with Crippen LogP contribution >= 0.6 is 0 Å². The van der Waals surface area contributed by atoms with E-state index in [1.54, 1.807) is 0 Å². The van der Waals surface area contributed by atoms with Gasteiger partial charge in [0.15, 0.2) is 0 Å². The fourth-order valence-corrected chi connectivity index (χ4v) is 4.17. The minimum atomic E-state index is -0.570. The summed E-state index contributed by atoms with van der Waals surface area (Å²) in [6.07, 6.45) is 9.37. The Morgan fingerprint density at radius 1 is 0.947 bits per heavy atom. The number of hydrogen-bond acceptors (Lipinski definition) is 2. The van der Waals surface area contributed by atoms with E-state index in [1.807, 2.05) is 4.90 Å². The number of amides is 2. The Labute approximate surface area is 114 Å². The van der Waals surface area contributed by atoms with Gasteiger partial charge >= 0.3 is 0 Å². The summed E-state index contributed by atoms with van der Waals surface area (Å²) >= 11 is 0. The number of piperazine rings is 1. The van der Waals surface area contributed by atoms with Gasteiger partial charge in [0.25, 0.3) is 0 Å². The monoisotopic (exact) mass is 264 g/mol. The zero-order valence-electron chi connectivity index (χ0n) is 11.8. The first-order valence-electron chi connectivity index (χ1n) is 7.69. The molecule has 3 rings (SSSR count). The molecule has 3 fully saturated rings. The molecule has 19 heavy (non-hydrogen) atoms. The molecule has 0 aromatic carbocycles. The summed E-state index contributed by atoms with van der Waals surface area (Å²) in [7, 11) is 0. The predicted octanol–water partition coefficient (Wildman–Crippen LogP) is 1.98.